The van der Waals surface area contributed by atoms with Gasteiger partial charge in [-0.25, -0.2) is 4.39 Å². The van der Waals surface area contributed by atoms with Gasteiger partial charge in [-0.05, 0) is 24.3 Å². The van der Waals surface area contributed by atoms with E-state index in [4.69, 9.17) is 0 Å². The lowest BCUT2D eigenvalue weighted by atomic mass is 10.1. The molecule has 2 rings (SSSR count). The predicted octanol–water partition coefficient (Wildman–Crippen LogP) is 0.245. The zero-order valence-electron chi connectivity index (χ0n) is 12.5. The van der Waals surface area contributed by atoms with Gasteiger partial charge in [0.1, 0.15) is 11.9 Å². The summed E-state index contributed by atoms with van der Waals surface area (Å²) in [6.07, 6.45) is 0. The lowest BCUT2D eigenvalue weighted by molar-refractivity contribution is -0.135. The second kappa shape index (κ2) is 6.55. The molecule has 0 radical (unpaired) electrons. The Balaban J connectivity index is 2.23. The van der Waals surface area contributed by atoms with Gasteiger partial charge in [-0.15, -0.1) is 0 Å². The van der Waals surface area contributed by atoms with Crippen LogP contribution < -0.4 is 5.32 Å². The first kappa shape index (κ1) is 15.9. The molecule has 0 aliphatic carbocycles. The number of nitrogens with zero attached hydrogens (tertiary/aromatic N) is 2. The van der Waals surface area contributed by atoms with Gasteiger partial charge in [-0.2, -0.15) is 0 Å². The quantitative estimate of drug-likeness (QED) is 0.851. The SMILES string of the molecule is CNC(=O)[C@@H]1CN(C(C)=O)CCN1C(=O)c1ccc(F)cc1. The van der Waals surface area contributed by atoms with Crippen molar-refractivity contribution in [1.29, 1.82) is 0 Å². The van der Waals surface area contributed by atoms with E-state index in [1.165, 1.54) is 48.0 Å². The van der Waals surface area contributed by atoms with Crippen LogP contribution in [0.4, 0.5) is 4.39 Å². The van der Waals surface area contributed by atoms with Crippen LogP contribution in [-0.2, 0) is 9.59 Å². The molecule has 6 nitrogen and oxygen atoms in total. The molecule has 1 aromatic rings. The number of piperazine rings is 1. The van der Waals surface area contributed by atoms with E-state index in [1.54, 1.807) is 0 Å². The molecule has 0 aromatic heterocycles. The highest BCUT2D eigenvalue weighted by Crippen LogP contribution is 2.15. The van der Waals surface area contributed by atoms with Crippen molar-refractivity contribution in [3.8, 4) is 0 Å². The van der Waals surface area contributed by atoms with Gasteiger partial charge in [-0.3, -0.25) is 14.4 Å². The van der Waals surface area contributed by atoms with Crippen LogP contribution in [-0.4, -0.2) is 60.2 Å². The molecule has 1 atom stereocenters. The molecule has 1 aliphatic heterocycles. The monoisotopic (exact) mass is 307 g/mol. The summed E-state index contributed by atoms with van der Waals surface area (Å²) in [6.45, 7) is 2.21. The van der Waals surface area contributed by atoms with Gasteiger partial charge in [0.05, 0.1) is 6.54 Å². The number of hydrogen-bond donors (Lipinski definition) is 1. The van der Waals surface area contributed by atoms with E-state index in [0.29, 0.717) is 12.1 Å². The first-order valence-corrected chi connectivity index (χ1v) is 6.97. The third-order valence-corrected chi connectivity index (χ3v) is 3.73. The zero-order valence-corrected chi connectivity index (χ0v) is 12.5. The Bertz CT molecular complexity index is 588. The summed E-state index contributed by atoms with van der Waals surface area (Å²) in [5, 5.41) is 2.51. The molecule has 118 valence electrons. The van der Waals surface area contributed by atoms with E-state index in [-0.39, 0.29) is 30.8 Å². The van der Waals surface area contributed by atoms with Crippen molar-refractivity contribution in [2.75, 3.05) is 26.7 Å². The number of carbonyl (C=O) groups is 3. The topological polar surface area (TPSA) is 69.7 Å². The summed E-state index contributed by atoms with van der Waals surface area (Å²) in [5.41, 5.74) is 0.312. The van der Waals surface area contributed by atoms with Crippen LogP contribution in [0, 0.1) is 5.82 Å². The van der Waals surface area contributed by atoms with Gasteiger partial charge in [0.15, 0.2) is 0 Å². The lowest BCUT2D eigenvalue weighted by Crippen LogP contribution is -2.61. The van der Waals surface area contributed by atoms with Crippen molar-refractivity contribution in [2.45, 2.75) is 13.0 Å². The number of likely N-dealkylation sites (N-methyl/N-ethyl adjacent to an activating group) is 1. The third kappa shape index (κ3) is 3.24. The summed E-state index contributed by atoms with van der Waals surface area (Å²) < 4.78 is 13.0. The molecule has 22 heavy (non-hydrogen) atoms. The molecule has 1 aromatic carbocycles. The van der Waals surface area contributed by atoms with Crippen LogP contribution in [0.25, 0.3) is 0 Å². The maximum atomic E-state index is 13.0. The minimum Gasteiger partial charge on any atom is -0.357 e. The summed E-state index contributed by atoms with van der Waals surface area (Å²) in [4.78, 5) is 39.0. The second-order valence-electron chi connectivity index (χ2n) is 5.10. The minimum atomic E-state index is -0.750. The van der Waals surface area contributed by atoms with Gasteiger partial charge >= 0.3 is 0 Å². The van der Waals surface area contributed by atoms with Crippen LogP contribution in [0.15, 0.2) is 24.3 Å². The Kier molecular flexibility index (Phi) is 4.75. The van der Waals surface area contributed by atoms with Crippen molar-refractivity contribution < 1.29 is 18.8 Å². The fourth-order valence-corrected chi connectivity index (χ4v) is 2.46. The third-order valence-electron chi connectivity index (χ3n) is 3.73. The Morgan fingerprint density at radius 2 is 1.82 bits per heavy atom. The maximum Gasteiger partial charge on any atom is 0.254 e. The molecule has 1 N–H and O–H groups in total. The highest BCUT2D eigenvalue weighted by Gasteiger charge is 2.36. The first-order valence-electron chi connectivity index (χ1n) is 6.97. The van der Waals surface area contributed by atoms with Crippen molar-refractivity contribution in [1.82, 2.24) is 15.1 Å². The van der Waals surface area contributed by atoms with Crippen LogP contribution in [0.3, 0.4) is 0 Å². The van der Waals surface area contributed by atoms with Gasteiger partial charge in [-0.1, -0.05) is 0 Å². The molecule has 0 bridgehead atoms. The molecular formula is C15H18FN3O3. The highest BCUT2D eigenvalue weighted by atomic mass is 19.1. The lowest BCUT2D eigenvalue weighted by Gasteiger charge is -2.40. The van der Waals surface area contributed by atoms with Crippen molar-refractivity contribution in [3.63, 3.8) is 0 Å². The Hall–Kier alpha value is -2.44. The largest absolute Gasteiger partial charge is 0.357 e. The number of amides is 3. The van der Waals surface area contributed by atoms with Crippen molar-refractivity contribution >= 4 is 17.7 Å². The predicted molar refractivity (Wildman–Crippen MR) is 77.5 cm³/mol. The molecule has 1 saturated heterocycles. The van der Waals surface area contributed by atoms with Crippen LogP contribution in [0.1, 0.15) is 17.3 Å². The van der Waals surface area contributed by atoms with Gasteiger partial charge < -0.3 is 15.1 Å². The highest BCUT2D eigenvalue weighted by molar-refractivity contribution is 5.98. The molecule has 0 spiro atoms. The summed E-state index contributed by atoms with van der Waals surface area (Å²) in [6, 6.07) is 4.42. The molecule has 1 aliphatic rings. The van der Waals surface area contributed by atoms with E-state index in [2.05, 4.69) is 5.32 Å². The standard InChI is InChI=1S/C15H18FN3O3/c1-10(20)18-7-8-19(13(9-18)14(21)17-2)15(22)11-3-5-12(16)6-4-11/h3-6,13H,7-9H2,1-2H3,(H,17,21)/t13-/m0/s1. The average molecular weight is 307 g/mol. The molecule has 7 heteroatoms. The molecular weight excluding hydrogens is 289 g/mol. The number of nitrogens with one attached hydrogen (secondary N) is 1. The van der Waals surface area contributed by atoms with E-state index >= 15 is 0 Å². The fourth-order valence-electron chi connectivity index (χ4n) is 2.46. The molecule has 1 fully saturated rings. The molecule has 1 heterocycles. The van der Waals surface area contributed by atoms with Gasteiger partial charge in [0.2, 0.25) is 11.8 Å². The summed E-state index contributed by atoms with van der Waals surface area (Å²) >= 11 is 0. The van der Waals surface area contributed by atoms with Crippen LogP contribution in [0.2, 0.25) is 0 Å². The smallest absolute Gasteiger partial charge is 0.254 e. The Morgan fingerprint density at radius 1 is 1.18 bits per heavy atom. The average Bonchev–Trinajstić information content (AvgIpc) is 2.53. The van der Waals surface area contributed by atoms with E-state index in [9.17, 15) is 18.8 Å². The van der Waals surface area contributed by atoms with Crippen LogP contribution >= 0.6 is 0 Å². The minimum absolute atomic E-state index is 0.136. The number of rotatable bonds is 2. The van der Waals surface area contributed by atoms with E-state index in [0.717, 1.165) is 0 Å². The molecule has 0 saturated carbocycles. The van der Waals surface area contributed by atoms with Crippen LogP contribution in [0.5, 0.6) is 0 Å². The first-order chi connectivity index (χ1) is 10.4. The number of benzene rings is 1. The number of carbonyl (C=O) groups excluding carboxylic acids is 3. The second-order valence-corrected chi connectivity index (χ2v) is 5.10. The maximum absolute atomic E-state index is 13.0. The zero-order chi connectivity index (χ0) is 16.3. The normalized spacial score (nSPS) is 18.0. The summed E-state index contributed by atoms with van der Waals surface area (Å²) in [7, 11) is 1.48. The molecule has 0 unspecified atom stereocenters. The van der Waals surface area contributed by atoms with E-state index < -0.39 is 11.9 Å². The Morgan fingerprint density at radius 3 is 2.36 bits per heavy atom. The molecule has 3 amide bonds. The van der Waals surface area contributed by atoms with Crippen molar-refractivity contribution in [2.24, 2.45) is 0 Å². The number of halogens is 1. The fraction of sp³-hybridized carbons (Fsp3) is 0.400. The number of hydrogen-bond acceptors (Lipinski definition) is 3. The van der Waals surface area contributed by atoms with Crippen molar-refractivity contribution in [3.05, 3.63) is 35.6 Å². The van der Waals surface area contributed by atoms with Gasteiger partial charge in [0.25, 0.3) is 5.91 Å². The Labute approximate surface area is 127 Å². The van der Waals surface area contributed by atoms with E-state index in [1.807, 2.05) is 0 Å². The van der Waals surface area contributed by atoms with Gasteiger partial charge in [0, 0.05) is 32.6 Å². The summed E-state index contributed by atoms with van der Waals surface area (Å²) in [5.74, 6) is -1.25.